The molecule has 2 aliphatic rings. The molecule has 0 spiro atoms. The molecule has 0 radical (unpaired) electrons. The van der Waals surface area contributed by atoms with E-state index in [9.17, 15) is 9.59 Å². The molecule has 1 aliphatic carbocycles. The van der Waals surface area contributed by atoms with E-state index in [0.29, 0.717) is 6.42 Å². The van der Waals surface area contributed by atoms with Gasteiger partial charge in [0.2, 0.25) is 11.8 Å². The van der Waals surface area contributed by atoms with Gasteiger partial charge >= 0.3 is 0 Å². The van der Waals surface area contributed by atoms with E-state index in [1.807, 2.05) is 4.90 Å². The van der Waals surface area contributed by atoms with Crippen molar-refractivity contribution in [2.45, 2.75) is 51.4 Å². The number of amides is 2. The quantitative estimate of drug-likeness (QED) is 0.809. The highest BCUT2D eigenvalue weighted by atomic mass is 16.2. The molecule has 1 heterocycles. The SMILES string of the molecule is O=C(CCC1CCCC1)NCC(=O)N1CCCC1. The highest BCUT2D eigenvalue weighted by Gasteiger charge is 2.19. The number of likely N-dealkylation sites (tertiary alicyclic amines) is 1. The molecule has 1 saturated carbocycles. The topological polar surface area (TPSA) is 49.4 Å². The van der Waals surface area contributed by atoms with Gasteiger partial charge in [-0.05, 0) is 25.2 Å². The second kappa shape index (κ2) is 6.76. The number of hydrogen-bond acceptors (Lipinski definition) is 2. The third-order valence-electron chi connectivity index (χ3n) is 4.15. The van der Waals surface area contributed by atoms with Crippen LogP contribution >= 0.6 is 0 Å². The van der Waals surface area contributed by atoms with Gasteiger partial charge in [-0.25, -0.2) is 0 Å². The molecular formula is C14H24N2O2. The fourth-order valence-corrected chi connectivity index (χ4v) is 2.98. The largest absolute Gasteiger partial charge is 0.347 e. The number of carbonyl (C=O) groups excluding carboxylic acids is 2. The van der Waals surface area contributed by atoms with Crippen LogP contribution in [0.25, 0.3) is 0 Å². The Morgan fingerprint density at radius 1 is 1.06 bits per heavy atom. The van der Waals surface area contributed by atoms with E-state index in [2.05, 4.69) is 5.32 Å². The maximum atomic E-state index is 11.7. The molecule has 2 rings (SSSR count). The molecule has 4 heteroatoms. The number of rotatable bonds is 5. The first-order valence-electron chi connectivity index (χ1n) is 7.30. The molecule has 0 unspecified atom stereocenters. The molecule has 0 aromatic heterocycles. The van der Waals surface area contributed by atoms with Gasteiger partial charge in [-0.1, -0.05) is 25.7 Å². The second-order valence-corrected chi connectivity index (χ2v) is 5.55. The van der Waals surface area contributed by atoms with Crippen LogP contribution in [-0.4, -0.2) is 36.3 Å². The fraction of sp³-hybridized carbons (Fsp3) is 0.857. The molecule has 2 fully saturated rings. The minimum Gasteiger partial charge on any atom is -0.347 e. The van der Waals surface area contributed by atoms with Crippen LogP contribution in [-0.2, 0) is 9.59 Å². The lowest BCUT2D eigenvalue weighted by molar-refractivity contribution is -0.132. The van der Waals surface area contributed by atoms with Gasteiger partial charge in [0.1, 0.15) is 0 Å². The summed E-state index contributed by atoms with van der Waals surface area (Å²) in [7, 11) is 0. The van der Waals surface area contributed by atoms with E-state index in [1.165, 1.54) is 25.7 Å². The van der Waals surface area contributed by atoms with Gasteiger partial charge in [0, 0.05) is 19.5 Å². The summed E-state index contributed by atoms with van der Waals surface area (Å²) < 4.78 is 0. The molecule has 1 saturated heterocycles. The third-order valence-corrected chi connectivity index (χ3v) is 4.15. The Morgan fingerprint density at radius 2 is 1.72 bits per heavy atom. The summed E-state index contributed by atoms with van der Waals surface area (Å²) in [5.74, 6) is 0.848. The molecular weight excluding hydrogens is 228 g/mol. The molecule has 4 nitrogen and oxygen atoms in total. The molecule has 2 amide bonds. The van der Waals surface area contributed by atoms with E-state index in [0.717, 1.165) is 38.3 Å². The van der Waals surface area contributed by atoms with Crippen molar-refractivity contribution in [2.24, 2.45) is 5.92 Å². The predicted molar refractivity (Wildman–Crippen MR) is 70.0 cm³/mol. The Hall–Kier alpha value is -1.06. The smallest absolute Gasteiger partial charge is 0.241 e. The summed E-state index contributed by atoms with van der Waals surface area (Å²) in [6.45, 7) is 1.90. The summed E-state index contributed by atoms with van der Waals surface area (Å²) in [6.07, 6.45) is 8.96. The Morgan fingerprint density at radius 3 is 2.39 bits per heavy atom. The molecule has 0 aromatic carbocycles. The van der Waals surface area contributed by atoms with Crippen molar-refractivity contribution < 1.29 is 9.59 Å². The van der Waals surface area contributed by atoms with Crippen molar-refractivity contribution in [3.05, 3.63) is 0 Å². The Balaban J connectivity index is 1.57. The van der Waals surface area contributed by atoms with E-state index in [-0.39, 0.29) is 18.4 Å². The average Bonchev–Trinajstić information content (AvgIpc) is 3.05. The van der Waals surface area contributed by atoms with E-state index >= 15 is 0 Å². The molecule has 0 bridgehead atoms. The maximum absolute atomic E-state index is 11.7. The Kier molecular flexibility index (Phi) is 5.02. The van der Waals surface area contributed by atoms with Gasteiger partial charge in [-0.2, -0.15) is 0 Å². The van der Waals surface area contributed by atoms with E-state index in [4.69, 9.17) is 0 Å². The van der Waals surface area contributed by atoms with Crippen molar-refractivity contribution in [1.29, 1.82) is 0 Å². The first-order chi connectivity index (χ1) is 8.75. The third kappa shape index (κ3) is 4.00. The highest BCUT2D eigenvalue weighted by Crippen LogP contribution is 2.28. The minimum absolute atomic E-state index is 0.0365. The second-order valence-electron chi connectivity index (χ2n) is 5.55. The lowest BCUT2D eigenvalue weighted by Crippen LogP contribution is -2.38. The summed E-state index contributed by atoms with van der Waals surface area (Å²) in [6, 6.07) is 0. The fourth-order valence-electron chi connectivity index (χ4n) is 2.98. The Bertz CT molecular complexity index is 292. The van der Waals surface area contributed by atoms with Gasteiger partial charge in [0.05, 0.1) is 6.54 Å². The lowest BCUT2D eigenvalue weighted by Gasteiger charge is -2.15. The van der Waals surface area contributed by atoms with Crippen molar-refractivity contribution in [3.63, 3.8) is 0 Å². The van der Waals surface area contributed by atoms with Gasteiger partial charge in [-0.15, -0.1) is 0 Å². The van der Waals surface area contributed by atoms with Crippen LogP contribution in [0.1, 0.15) is 51.4 Å². The summed E-state index contributed by atoms with van der Waals surface area (Å²) in [5, 5.41) is 2.75. The maximum Gasteiger partial charge on any atom is 0.241 e. The number of nitrogens with one attached hydrogen (secondary N) is 1. The van der Waals surface area contributed by atoms with Gasteiger partial charge in [-0.3, -0.25) is 9.59 Å². The van der Waals surface area contributed by atoms with Crippen molar-refractivity contribution in [2.75, 3.05) is 19.6 Å². The molecule has 1 aliphatic heterocycles. The van der Waals surface area contributed by atoms with Crippen molar-refractivity contribution in [1.82, 2.24) is 10.2 Å². The standard InChI is InChI=1S/C14H24N2O2/c17-13(8-7-12-5-1-2-6-12)15-11-14(18)16-9-3-4-10-16/h12H,1-11H2,(H,15,17). The molecule has 0 aromatic rings. The molecule has 0 atom stereocenters. The first kappa shape index (κ1) is 13.4. The van der Waals surface area contributed by atoms with Crippen LogP contribution in [0.15, 0.2) is 0 Å². The Labute approximate surface area is 109 Å². The first-order valence-corrected chi connectivity index (χ1v) is 7.30. The lowest BCUT2D eigenvalue weighted by atomic mass is 10.0. The zero-order chi connectivity index (χ0) is 12.8. The number of nitrogens with zero attached hydrogens (tertiary/aromatic N) is 1. The van der Waals surface area contributed by atoms with Gasteiger partial charge in [0.25, 0.3) is 0 Å². The summed E-state index contributed by atoms with van der Waals surface area (Å²) in [5.41, 5.74) is 0. The summed E-state index contributed by atoms with van der Waals surface area (Å²) in [4.78, 5) is 25.2. The van der Waals surface area contributed by atoms with Crippen molar-refractivity contribution in [3.8, 4) is 0 Å². The van der Waals surface area contributed by atoms with Crippen LogP contribution in [0.5, 0.6) is 0 Å². The van der Waals surface area contributed by atoms with Crippen LogP contribution < -0.4 is 5.32 Å². The molecule has 1 N–H and O–H groups in total. The normalized spacial score (nSPS) is 20.3. The zero-order valence-electron chi connectivity index (χ0n) is 11.1. The minimum atomic E-state index is 0.0365. The number of hydrogen-bond donors (Lipinski definition) is 1. The molecule has 18 heavy (non-hydrogen) atoms. The molecule has 102 valence electrons. The van der Waals surface area contributed by atoms with Crippen molar-refractivity contribution >= 4 is 11.8 Å². The monoisotopic (exact) mass is 252 g/mol. The van der Waals surface area contributed by atoms with Crippen LogP contribution in [0.3, 0.4) is 0 Å². The van der Waals surface area contributed by atoms with E-state index in [1.54, 1.807) is 0 Å². The van der Waals surface area contributed by atoms with Crippen LogP contribution in [0.4, 0.5) is 0 Å². The van der Waals surface area contributed by atoms with Crippen LogP contribution in [0, 0.1) is 5.92 Å². The predicted octanol–water partition coefficient (Wildman–Crippen LogP) is 1.70. The van der Waals surface area contributed by atoms with Gasteiger partial charge < -0.3 is 10.2 Å². The highest BCUT2D eigenvalue weighted by molar-refractivity contribution is 5.84. The summed E-state index contributed by atoms with van der Waals surface area (Å²) >= 11 is 0. The van der Waals surface area contributed by atoms with Gasteiger partial charge in [0.15, 0.2) is 0 Å². The average molecular weight is 252 g/mol. The van der Waals surface area contributed by atoms with Crippen LogP contribution in [0.2, 0.25) is 0 Å². The van der Waals surface area contributed by atoms with E-state index < -0.39 is 0 Å². The number of carbonyl (C=O) groups is 2. The zero-order valence-corrected chi connectivity index (χ0v) is 11.1.